The number of H-pyrrole nitrogens is 1. The van der Waals surface area contributed by atoms with Crippen molar-refractivity contribution in [3.63, 3.8) is 0 Å². The number of nitrogens with one attached hydrogen (secondary N) is 1. The predicted molar refractivity (Wildman–Crippen MR) is 206 cm³/mol. The Labute approximate surface area is 319 Å². The molecular formula is C43H60N3O8-. The van der Waals surface area contributed by atoms with Gasteiger partial charge in [-0.25, -0.2) is 4.98 Å². The van der Waals surface area contributed by atoms with Crippen LogP contribution in [0.25, 0.3) is 11.3 Å². The van der Waals surface area contributed by atoms with Crippen LogP contribution in [-0.2, 0) is 11.2 Å². The summed E-state index contributed by atoms with van der Waals surface area (Å²) < 4.78 is 0. The number of aliphatic hydroxyl groups is 4. The fourth-order valence-electron chi connectivity index (χ4n) is 8.99. The first-order valence-electron chi connectivity index (χ1n) is 19.9. The highest BCUT2D eigenvalue weighted by molar-refractivity contribution is 5.70. The summed E-state index contributed by atoms with van der Waals surface area (Å²) in [4.78, 5) is 19.6. The van der Waals surface area contributed by atoms with Gasteiger partial charge in [0.1, 0.15) is 11.6 Å². The summed E-state index contributed by atoms with van der Waals surface area (Å²) in [6.07, 6.45) is 13.9. The number of nitrogens with zero attached hydrogens (tertiary/aromatic N) is 1. The zero-order valence-electron chi connectivity index (χ0n) is 31.5. The number of rotatable bonds is 20. The molecule has 54 heavy (non-hydrogen) atoms. The van der Waals surface area contributed by atoms with E-state index in [1.807, 2.05) is 6.07 Å². The predicted octanol–water partition coefficient (Wildman–Crippen LogP) is 6.40. The Morgan fingerprint density at radius 3 is 2.54 bits per heavy atom. The van der Waals surface area contributed by atoms with Crippen molar-refractivity contribution in [1.82, 2.24) is 9.97 Å². The minimum Gasteiger partial charge on any atom is -0.872 e. The van der Waals surface area contributed by atoms with E-state index in [2.05, 4.69) is 29.0 Å². The number of phenolic OH excluding ortho intramolecular Hbond substituents is 1. The number of allylic oxidation sites excluding steroid dienone is 1. The molecule has 0 bridgehead atoms. The number of aliphatic carboxylic acids is 1. The SMILES string of the molecule is CCCCC[C@@H]1C=C[C@@H](CCCCC[C@H](C(=O)O)[C@H](O)CC[C@]2(O)C[C@H](Cc3ccnc(N)c3)C[C@H]2[C@H](O)c2ccc(-c3cc([O-])cc(O)c3)[nH]2)[C@H](O)C1. The van der Waals surface area contributed by atoms with Gasteiger partial charge in [0, 0.05) is 35.0 Å². The number of nitrogens with two attached hydrogens (primary N) is 1. The Hall–Kier alpha value is -3.90. The van der Waals surface area contributed by atoms with E-state index in [1.165, 1.54) is 31.4 Å². The molecular weight excluding hydrogens is 686 g/mol. The molecule has 0 aliphatic heterocycles. The molecule has 5 rings (SSSR count). The number of benzene rings is 1. The Balaban J connectivity index is 1.19. The van der Waals surface area contributed by atoms with Gasteiger partial charge in [-0.05, 0) is 112 Å². The fraction of sp³-hybridized carbons (Fsp3) is 0.581. The molecule has 11 nitrogen and oxygen atoms in total. The van der Waals surface area contributed by atoms with Crippen molar-refractivity contribution in [3.8, 4) is 22.8 Å². The van der Waals surface area contributed by atoms with Crippen LogP contribution in [-0.4, -0.2) is 64.4 Å². The van der Waals surface area contributed by atoms with Gasteiger partial charge in [-0.15, -0.1) is 5.75 Å². The molecule has 296 valence electrons. The maximum Gasteiger partial charge on any atom is 0.309 e. The molecule has 1 saturated carbocycles. The first-order chi connectivity index (χ1) is 25.8. The minimum atomic E-state index is -1.41. The molecule has 0 unspecified atom stereocenters. The minimum absolute atomic E-state index is 0.0307. The van der Waals surface area contributed by atoms with E-state index in [0.29, 0.717) is 60.8 Å². The second-order valence-electron chi connectivity index (χ2n) is 16.1. The lowest BCUT2D eigenvalue weighted by Crippen LogP contribution is -2.39. The molecule has 1 fully saturated rings. The lowest BCUT2D eigenvalue weighted by Gasteiger charge is -2.34. The van der Waals surface area contributed by atoms with Crippen LogP contribution in [0.15, 0.2) is 60.8 Å². The van der Waals surface area contributed by atoms with Crippen molar-refractivity contribution in [2.24, 2.45) is 29.6 Å². The van der Waals surface area contributed by atoms with Crippen molar-refractivity contribution in [3.05, 3.63) is 72.1 Å². The molecule has 2 heterocycles. The first-order valence-corrected chi connectivity index (χ1v) is 19.9. The van der Waals surface area contributed by atoms with Crippen molar-refractivity contribution in [2.75, 3.05) is 5.73 Å². The summed E-state index contributed by atoms with van der Waals surface area (Å²) in [5, 5.41) is 78.0. The van der Waals surface area contributed by atoms with Gasteiger partial charge in [-0.1, -0.05) is 63.7 Å². The number of carboxylic acid groups (broad SMARTS) is 1. The van der Waals surface area contributed by atoms with E-state index in [0.717, 1.165) is 43.7 Å². The van der Waals surface area contributed by atoms with Crippen molar-refractivity contribution < 1.29 is 40.5 Å². The van der Waals surface area contributed by atoms with Crippen molar-refractivity contribution in [2.45, 2.75) is 127 Å². The molecule has 1 aromatic carbocycles. The first kappa shape index (κ1) is 41.3. The molecule has 11 heteroatoms. The van der Waals surface area contributed by atoms with E-state index in [-0.39, 0.29) is 42.3 Å². The third-order valence-electron chi connectivity index (χ3n) is 12.0. The van der Waals surface area contributed by atoms with Crippen molar-refractivity contribution >= 4 is 11.8 Å². The molecule has 3 aromatic rings. The second-order valence-corrected chi connectivity index (χ2v) is 16.1. The summed E-state index contributed by atoms with van der Waals surface area (Å²) in [7, 11) is 0. The Morgan fingerprint density at radius 1 is 1.02 bits per heavy atom. The number of hydrogen-bond acceptors (Lipinski definition) is 9. The highest BCUT2D eigenvalue weighted by Crippen LogP contribution is 2.50. The highest BCUT2D eigenvalue weighted by atomic mass is 16.4. The number of aromatic amines is 1. The largest absolute Gasteiger partial charge is 0.872 e. The normalized spacial score (nSPS) is 25.8. The van der Waals surface area contributed by atoms with Gasteiger partial charge >= 0.3 is 5.97 Å². The summed E-state index contributed by atoms with van der Waals surface area (Å²) in [5.41, 5.74) is 6.90. The Morgan fingerprint density at radius 2 is 1.81 bits per heavy atom. The fourth-order valence-corrected chi connectivity index (χ4v) is 8.99. The number of unbranched alkanes of at least 4 members (excludes halogenated alkanes) is 4. The van der Waals surface area contributed by atoms with E-state index in [9.17, 15) is 40.5 Å². The highest BCUT2D eigenvalue weighted by Gasteiger charge is 2.49. The third kappa shape index (κ3) is 11.1. The monoisotopic (exact) mass is 746 g/mol. The van der Waals surface area contributed by atoms with Gasteiger partial charge in [0.05, 0.1) is 29.8 Å². The summed E-state index contributed by atoms with van der Waals surface area (Å²) in [5.74, 6) is -2.29. The molecule has 0 saturated heterocycles. The number of aliphatic hydroxyl groups excluding tert-OH is 3. The van der Waals surface area contributed by atoms with Crippen LogP contribution in [0.5, 0.6) is 11.5 Å². The third-order valence-corrected chi connectivity index (χ3v) is 12.0. The quantitative estimate of drug-likeness (QED) is 0.0470. The zero-order valence-corrected chi connectivity index (χ0v) is 31.5. The molecule has 0 spiro atoms. The molecule has 0 amide bonds. The number of anilines is 1. The van der Waals surface area contributed by atoms with Gasteiger partial charge in [0.2, 0.25) is 0 Å². The number of pyridine rings is 1. The number of carbonyl (C=O) groups is 1. The van der Waals surface area contributed by atoms with Crippen LogP contribution in [0, 0.1) is 29.6 Å². The van der Waals surface area contributed by atoms with Gasteiger partial charge in [0.25, 0.3) is 0 Å². The molecule has 2 aliphatic rings. The van der Waals surface area contributed by atoms with Gasteiger partial charge in [-0.3, -0.25) is 4.79 Å². The molecule has 2 aliphatic carbocycles. The van der Waals surface area contributed by atoms with Crippen LogP contribution in [0.2, 0.25) is 0 Å². The number of aromatic nitrogens is 2. The Bertz CT molecular complexity index is 1660. The summed E-state index contributed by atoms with van der Waals surface area (Å²) in [6.45, 7) is 2.19. The number of hydrogen-bond donors (Lipinski definition) is 8. The van der Waals surface area contributed by atoms with E-state index in [4.69, 9.17) is 5.73 Å². The van der Waals surface area contributed by atoms with Gasteiger partial charge in [-0.2, -0.15) is 0 Å². The van der Waals surface area contributed by atoms with Crippen LogP contribution in [0.1, 0.15) is 114 Å². The number of phenols is 1. The molecule has 9 atom stereocenters. The average molecular weight is 747 g/mol. The van der Waals surface area contributed by atoms with E-state index < -0.39 is 35.6 Å². The van der Waals surface area contributed by atoms with E-state index in [1.54, 1.807) is 24.4 Å². The smallest absolute Gasteiger partial charge is 0.309 e. The van der Waals surface area contributed by atoms with Crippen LogP contribution in [0.3, 0.4) is 0 Å². The second kappa shape index (κ2) is 19.1. The standard InChI is InChI=1S/C43H61N3O8/c1-2-3-5-8-27-11-12-30(39(50)21-27)9-6-4-7-10-34(42(52)53)38(49)15-17-43(54)26-29(19-28-16-18-45-40(44)22-28)20-35(43)41(51)37-14-13-36(46-37)31-23-32(47)25-33(48)24-31/h11-14,16,18,22-25,27,29-30,34-35,38-39,41,46-51,54H,2-10,15,17,19-21,26H2,1H3,(H2,44,45)(H,52,53)/p-1/t27-,29-,30-,34+,35+,38-,39-,41+,43+/m1/s1. The lowest BCUT2D eigenvalue weighted by atomic mass is 9.79. The van der Waals surface area contributed by atoms with Gasteiger partial charge in [0.15, 0.2) is 0 Å². The Kier molecular flexibility index (Phi) is 14.6. The van der Waals surface area contributed by atoms with Crippen LogP contribution < -0.4 is 10.8 Å². The number of aromatic hydroxyl groups is 1. The zero-order chi connectivity index (χ0) is 38.8. The summed E-state index contributed by atoms with van der Waals surface area (Å²) in [6, 6.07) is 11.0. The number of carboxylic acids is 1. The number of nitrogen functional groups attached to an aromatic ring is 1. The summed E-state index contributed by atoms with van der Waals surface area (Å²) >= 11 is 0. The lowest BCUT2D eigenvalue weighted by molar-refractivity contribution is -0.268. The average Bonchev–Trinajstić information content (AvgIpc) is 3.74. The molecule has 0 radical (unpaired) electrons. The van der Waals surface area contributed by atoms with Crippen LogP contribution in [0.4, 0.5) is 5.82 Å². The van der Waals surface area contributed by atoms with Gasteiger partial charge < -0.3 is 46.5 Å². The van der Waals surface area contributed by atoms with Crippen molar-refractivity contribution in [1.29, 1.82) is 0 Å². The maximum absolute atomic E-state index is 12.3. The molecule has 2 aromatic heterocycles. The molecule has 9 N–H and O–H groups in total. The van der Waals surface area contributed by atoms with Crippen LogP contribution >= 0.6 is 0 Å². The maximum atomic E-state index is 12.3. The van der Waals surface area contributed by atoms with E-state index >= 15 is 0 Å². The topological polar surface area (TPSA) is 216 Å².